The summed E-state index contributed by atoms with van der Waals surface area (Å²) in [6.07, 6.45) is 1.45. The topological polar surface area (TPSA) is 17.1 Å². The van der Waals surface area contributed by atoms with Crippen LogP contribution in [0.15, 0.2) is 54.6 Å². The molecule has 0 aromatic heterocycles. The Balaban J connectivity index is 2.49. The molecule has 3 aromatic carbocycles. The third-order valence-corrected chi connectivity index (χ3v) is 3.16. The zero-order valence-electron chi connectivity index (χ0n) is 9.39. The van der Waals surface area contributed by atoms with Crippen molar-refractivity contribution in [2.75, 3.05) is 0 Å². The van der Waals surface area contributed by atoms with Crippen LogP contribution in [0.3, 0.4) is 0 Å². The van der Waals surface area contributed by atoms with Crippen LogP contribution in [0.4, 0.5) is 0 Å². The molecule has 0 aliphatic rings. The second-order valence-corrected chi connectivity index (χ2v) is 4.17. The Labute approximate surface area is 99.7 Å². The van der Waals surface area contributed by atoms with E-state index in [0.29, 0.717) is 6.42 Å². The van der Waals surface area contributed by atoms with Crippen molar-refractivity contribution in [1.82, 2.24) is 0 Å². The molecule has 0 N–H and O–H groups in total. The number of benzene rings is 3. The van der Waals surface area contributed by atoms with Gasteiger partial charge in [-0.05, 0) is 27.1 Å². The number of rotatable bonds is 2. The molecule has 1 nitrogen and oxygen atoms in total. The Morgan fingerprint density at radius 2 is 1.47 bits per heavy atom. The van der Waals surface area contributed by atoms with Crippen LogP contribution in [-0.2, 0) is 11.2 Å². The molecule has 0 saturated heterocycles. The van der Waals surface area contributed by atoms with Gasteiger partial charge in [0.25, 0.3) is 0 Å². The Bertz CT molecular complexity index is 698. The summed E-state index contributed by atoms with van der Waals surface area (Å²) in [4.78, 5) is 10.8. The molecule has 0 amide bonds. The first-order chi connectivity index (χ1) is 8.40. The Kier molecular flexibility index (Phi) is 2.37. The molecule has 0 bridgehead atoms. The van der Waals surface area contributed by atoms with Crippen LogP contribution in [0.25, 0.3) is 21.5 Å². The smallest absolute Gasteiger partial charge is 0.124 e. The van der Waals surface area contributed by atoms with Crippen LogP contribution in [0.1, 0.15) is 5.56 Å². The Morgan fingerprint density at radius 3 is 2.24 bits per heavy atom. The van der Waals surface area contributed by atoms with E-state index in [1.165, 1.54) is 21.5 Å². The fourth-order valence-corrected chi connectivity index (χ4v) is 2.39. The van der Waals surface area contributed by atoms with Crippen molar-refractivity contribution >= 4 is 27.8 Å². The third kappa shape index (κ3) is 1.60. The van der Waals surface area contributed by atoms with Gasteiger partial charge in [-0.25, -0.2) is 0 Å². The van der Waals surface area contributed by atoms with E-state index in [4.69, 9.17) is 0 Å². The standard InChI is InChI=1S/C16H12O/c17-10-9-13-11-12-5-1-2-6-14(12)16-8-4-3-7-15(13)16/h1-8,10-11H,9H2. The zero-order valence-corrected chi connectivity index (χ0v) is 9.39. The van der Waals surface area contributed by atoms with Crippen molar-refractivity contribution in [3.63, 3.8) is 0 Å². The lowest BCUT2D eigenvalue weighted by atomic mass is 9.96. The Morgan fingerprint density at radius 1 is 0.824 bits per heavy atom. The molecule has 3 aromatic rings. The van der Waals surface area contributed by atoms with E-state index in [-0.39, 0.29) is 0 Å². The van der Waals surface area contributed by atoms with Gasteiger partial charge in [0.15, 0.2) is 0 Å². The molecular weight excluding hydrogens is 208 g/mol. The fourth-order valence-electron chi connectivity index (χ4n) is 2.39. The van der Waals surface area contributed by atoms with E-state index in [2.05, 4.69) is 30.3 Å². The fraction of sp³-hybridized carbons (Fsp3) is 0.0625. The molecule has 0 aliphatic carbocycles. The first kappa shape index (κ1) is 10.0. The normalized spacial score (nSPS) is 10.8. The van der Waals surface area contributed by atoms with Crippen LogP contribution in [0, 0.1) is 0 Å². The monoisotopic (exact) mass is 220 g/mol. The second kappa shape index (κ2) is 4.02. The SMILES string of the molecule is O=CCc1cc2ccccc2c2ccccc12. The quantitative estimate of drug-likeness (QED) is 0.475. The molecule has 17 heavy (non-hydrogen) atoms. The first-order valence-corrected chi connectivity index (χ1v) is 5.73. The van der Waals surface area contributed by atoms with Gasteiger partial charge >= 0.3 is 0 Å². The molecule has 0 radical (unpaired) electrons. The van der Waals surface area contributed by atoms with E-state index >= 15 is 0 Å². The van der Waals surface area contributed by atoms with Crippen LogP contribution in [0.5, 0.6) is 0 Å². The molecule has 0 saturated carbocycles. The summed E-state index contributed by atoms with van der Waals surface area (Å²) in [6.45, 7) is 0. The number of carbonyl (C=O) groups excluding carboxylic acids is 1. The van der Waals surface area contributed by atoms with Crippen molar-refractivity contribution in [2.24, 2.45) is 0 Å². The molecular formula is C16H12O. The molecule has 0 atom stereocenters. The minimum atomic E-state index is 0.478. The lowest BCUT2D eigenvalue weighted by molar-refractivity contribution is -0.107. The molecule has 1 heteroatoms. The number of aldehydes is 1. The zero-order chi connectivity index (χ0) is 11.7. The summed E-state index contributed by atoms with van der Waals surface area (Å²) >= 11 is 0. The van der Waals surface area contributed by atoms with Crippen LogP contribution < -0.4 is 0 Å². The second-order valence-electron chi connectivity index (χ2n) is 4.17. The summed E-state index contributed by atoms with van der Waals surface area (Å²) < 4.78 is 0. The van der Waals surface area contributed by atoms with E-state index in [1.807, 2.05) is 24.3 Å². The number of fused-ring (bicyclic) bond motifs is 3. The predicted octanol–water partition coefficient (Wildman–Crippen LogP) is 3.73. The lowest BCUT2D eigenvalue weighted by Crippen LogP contribution is -1.89. The highest BCUT2D eigenvalue weighted by atomic mass is 16.1. The highest BCUT2D eigenvalue weighted by molar-refractivity contribution is 6.09. The van der Waals surface area contributed by atoms with Gasteiger partial charge in [0.05, 0.1) is 0 Å². The van der Waals surface area contributed by atoms with Gasteiger partial charge in [0.2, 0.25) is 0 Å². The minimum absolute atomic E-state index is 0.478. The van der Waals surface area contributed by atoms with E-state index in [1.54, 1.807) is 0 Å². The molecule has 0 unspecified atom stereocenters. The van der Waals surface area contributed by atoms with Gasteiger partial charge in [0.1, 0.15) is 6.29 Å². The molecule has 0 spiro atoms. The summed E-state index contributed by atoms with van der Waals surface area (Å²) in [7, 11) is 0. The predicted molar refractivity (Wildman–Crippen MR) is 71.2 cm³/mol. The average molecular weight is 220 g/mol. The van der Waals surface area contributed by atoms with Crippen molar-refractivity contribution in [2.45, 2.75) is 6.42 Å². The molecule has 0 fully saturated rings. The van der Waals surface area contributed by atoms with Crippen molar-refractivity contribution in [3.8, 4) is 0 Å². The molecule has 0 heterocycles. The Hall–Kier alpha value is -2.15. The van der Waals surface area contributed by atoms with E-state index in [9.17, 15) is 4.79 Å². The number of hydrogen-bond acceptors (Lipinski definition) is 1. The lowest BCUT2D eigenvalue weighted by Gasteiger charge is -2.08. The van der Waals surface area contributed by atoms with Crippen LogP contribution in [-0.4, -0.2) is 6.29 Å². The molecule has 0 aliphatic heterocycles. The number of carbonyl (C=O) groups is 1. The number of hydrogen-bond donors (Lipinski definition) is 0. The van der Waals surface area contributed by atoms with Gasteiger partial charge in [-0.2, -0.15) is 0 Å². The largest absolute Gasteiger partial charge is 0.303 e. The van der Waals surface area contributed by atoms with Crippen LogP contribution >= 0.6 is 0 Å². The summed E-state index contributed by atoms with van der Waals surface area (Å²) in [5, 5.41) is 4.85. The average Bonchev–Trinajstić information content (AvgIpc) is 2.39. The highest BCUT2D eigenvalue weighted by Crippen LogP contribution is 2.28. The highest BCUT2D eigenvalue weighted by Gasteiger charge is 2.04. The van der Waals surface area contributed by atoms with Gasteiger partial charge < -0.3 is 4.79 Å². The van der Waals surface area contributed by atoms with Crippen molar-refractivity contribution in [3.05, 3.63) is 60.2 Å². The van der Waals surface area contributed by atoms with E-state index in [0.717, 1.165) is 11.8 Å². The molecule has 3 rings (SSSR count). The van der Waals surface area contributed by atoms with Gasteiger partial charge in [-0.1, -0.05) is 54.6 Å². The summed E-state index contributed by atoms with van der Waals surface area (Å²) in [6, 6.07) is 18.7. The van der Waals surface area contributed by atoms with Crippen LogP contribution in [0.2, 0.25) is 0 Å². The maximum absolute atomic E-state index is 10.8. The minimum Gasteiger partial charge on any atom is -0.303 e. The van der Waals surface area contributed by atoms with Gasteiger partial charge in [0, 0.05) is 6.42 Å². The van der Waals surface area contributed by atoms with Crippen molar-refractivity contribution in [1.29, 1.82) is 0 Å². The first-order valence-electron chi connectivity index (χ1n) is 5.73. The van der Waals surface area contributed by atoms with E-state index < -0.39 is 0 Å². The third-order valence-electron chi connectivity index (χ3n) is 3.16. The molecule has 82 valence electrons. The maximum atomic E-state index is 10.8. The summed E-state index contributed by atoms with van der Waals surface area (Å²) in [5.74, 6) is 0. The maximum Gasteiger partial charge on any atom is 0.124 e. The summed E-state index contributed by atoms with van der Waals surface area (Å²) in [5.41, 5.74) is 1.11. The van der Waals surface area contributed by atoms with Gasteiger partial charge in [-0.15, -0.1) is 0 Å². The van der Waals surface area contributed by atoms with Gasteiger partial charge in [-0.3, -0.25) is 0 Å². The van der Waals surface area contributed by atoms with Crippen molar-refractivity contribution < 1.29 is 4.79 Å².